The van der Waals surface area contributed by atoms with E-state index >= 15 is 0 Å². The van der Waals surface area contributed by atoms with Gasteiger partial charge < -0.3 is 4.52 Å². The molecule has 0 aliphatic rings. The van der Waals surface area contributed by atoms with Crippen LogP contribution < -0.4 is 0 Å². The predicted octanol–water partition coefficient (Wildman–Crippen LogP) is 2.01. The van der Waals surface area contributed by atoms with Gasteiger partial charge in [-0.05, 0) is 25.1 Å². The molecule has 0 aliphatic heterocycles. The molecular weight excluding hydrogens is 152 g/mol. The molecule has 0 spiro atoms. The van der Waals surface area contributed by atoms with Crippen molar-refractivity contribution in [1.29, 1.82) is 5.26 Å². The first-order valence-corrected chi connectivity index (χ1v) is 3.57. The Kier molecular flexibility index (Phi) is 1.34. The fraction of sp³-hybridized carbons (Fsp3) is 0.111. The minimum Gasteiger partial charge on any atom is -0.356 e. The molecule has 2 rings (SSSR count). The van der Waals surface area contributed by atoms with Crippen molar-refractivity contribution in [3.05, 3.63) is 29.5 Å². The molecule has 0 N–H and O–H groups in total. The molecule has 0 saturated carbocycles. The molecule has 58 valence electrons. The summed E-state index contributed by atoms with van der Waals surface area (Å²) in [6.07, 6.45) is 0. The van der Waals surface area contributed by atoms with E-state index in [2.05, 4.69) is 11.2 Å². The van der Waals surface area contributed by atoms with E-state index in [9.17, 15) is 0 Å². The van der Waals surface area contributed by atoms with Crippen molar-refractivity contribution in [1.82, 2.24) is 5.16 Å². The Morgan fingerprint density at radius 3 is 3.08 bits per heavy atom. The number of hydrogen-bond donors (Lipinski definition) is 0. The largest absolute Gasteiger partial charge is 0.356 e. The SMILES string of the molecule is Cc1noc2ccc(C#N)cc12. The van der Waals surface area contributed by atoms with E-state index < -0.39 is 0 Å². The summed E-state index contributed by atoms with van der Waals surface area (Å²) in [5.41, 5.74) is 2.18. The maximum atomic E-state index is 8.62. The first kappa shape index (κ1) is 6.86. The highest BCUT2D eigenvalue weighted by Crippen LogP contribution is 2.18. The lowest BCUT2D eigenvalue weighted by Crippen LogP contribution is -1.74. The van der Waals surface area contributed by atoms with Gasteiger partial charge >= 0.3 is 0 Å². The predicted molar refractivity (Wildman–Crippen MR) is 43.5 cm³/mol. The Hall–Kier alpha value is -1.82. The number of nitrogens with zero attached hydrogens (tertiary/aromatic N) is 2. The molecule has 0 aliphatic carbocycles. The lowest BCUT2D eigenvalue weighted by Gasteiger charge is -1.87. The minimum absolute atomic E-state index is 0.633. The molecule has 12 heavy (non-hydrogen) atoms. The smallest absolute Gasteiger partial charge is 0.167 e. The maximum absolute atomic E-state index is 8.62. The molecule has 0 unspecified atom stereocenters. The summed E-state index contributed by atoms with van der Waals surface area (Å²) in [5.74, 6) is 0. The number of nitriles is 1. The van der Waals surface area contributed by atoms with Crippen LogP contribution in [0.15, 0.2) is 22.7 Å². The molecule has 0 fully saturated rings. The third-order valence-corrected chi connectivity index (χ3v) is 1.78. The van der Waals surface area contributed by atoms with Crippen LogP contribution in [0.2, 0.25) is 0 Å². The molecule has 3 nitrogen and oxygen atoms in total. The van der Waals surface area contributed by atoms with E-state index in [0.29, 0.717) is 5.56 Å². The van der Waals surface area contributed by atoms with Crippen molar-refractivity contribution in [3.63, 3.8) is 0 Å². The Morgan fingerprint density at radius 2 is 2.33 bits per heavy atom. The summed E-state index contributed by atoms with van der Waals surface area (Å²) in [4.78, 5) is 0. The lowest BCUT2D eigenvalue weighted by molar-refractivity contribution is 0.450. The van der Waals surface area contributed by atoms with Crippen molar-refractivity contribution in [3.8, 4) is 6.07 Å². The van der Waals surface area contributed by atoms with Gasteiger partial charge in [0.2, 0.25) is 0 Å². The molecule has 0 amide bonds. The molecule has 1 aromatic heterocycles. The van der Waals surface area contributed by atoms with Crippen LogP contribution in [-0.4, -0.2) is 5.16 Å². The van der Waals surface area contributed by atoms with Gasteiger partial charge in [0, 0.05) is 5.39 Å². The molecule has 3 heteroatoms. The Morgan fingerprint density at radius 1 is 1.50 bits per heavy atom. The van der Waals surface area contributed by atoms with E-state index in [1.54, 1.807) is 18.2 Å². The highest BCUT2D eigenvalue weighted by atomic mass is 16.5. The Labute approximate surface area is 69.2 Å². The number of rotatable bonds is 0. The van der Waals surface area contributed by atoms with Crippen LogP contribution in [0.4, 0.5) is 0 Å². The van der Waals surface area contributed by atoms with E-state index in [-0.39, 0.29) is 0 Å². The van der Waals surface area contributed by atoms with Gasteiger partial charge in [0.25, 0.3) is 0 Å². The zero-order chi connectivity index (χ0) is 8.55. The van der Waals surface area contributed by atoms with Crippen LogP contribution >= 0.6 is 0 Å². The summed E-state index contributed by atoms with van der Waals surface area (Å²) in [5, 5.41) is 13.3. The summed E-state index contributed by atoms with van der Waals surface area (Å²) < 4.78 is 4.99. The number of hydrogen-bond acceptors (Lipinski definition) is 3. The standard InChI is InChI=1S/C9H6N2O/c1-6-8-4-7(5-10)2-3-9(8)12-11-6/h2-4H,1H3. The van der Waals surface area contributed by atoms with Crippen LogP contribution in [-0.2, 0) is 0 Å². The maximum Gasteiger partial charge on any atom is 0.167 e. The van der Waals surface area contributed by atoms with Gasteiger partial charge in [-0.15, -0.1) is 0 Å². The fourth-order valence-corrected chi connectivity index (χ4v) is 1.13. The van der Waals surface area contributed by atoms with Crippen LogP contribution in [0.5, 0.6) is 0 Å². The average Bonchev–Trinajstić information content (AvgIpc) is 2.47. The van der Waals surface area contributed by atoms with Crippen LogP contribution in [0, 0.1) is 18.3 Å². The van der Waals surface area contributed by atoms with Gasteiger partial charge in [0.05, 0.1) is 17.3 Å². The fourth-order valence-electron chi connectivity index (χ4n) is 1.13. The van der Waals surface area contributed by atoms with Crippen molar-refractivity contribution in [2.24, 2.45) is 0 Å². The third-order valence-electron chi connectivity index (χ3n) is 1.78. The highest BCUT2D eigenvalue weighted by Gasteiger charge is 2.03. The Bertz CT molecular complexity index is 465. The zero-order valence-electron chi connectivity index (χ0n) is 6.53. The molecule has 1 heterocycles. The van der Waals surface area contributed by atoms with E-state index in [1.165, 1.54) is 0 Å². The van der Waals surface area contributed by atoms with Crippen molar-refractivity contribution >= 4 is 11.0 Å². The van der Waals surface area contributed by atoms with Gasteiger partial charge in [0.15, 0.2) is 5.58 Å². The van der Waals surface area contributed by atoms with Crippen LogP contribution in [0.3, 0.4) is 0 Å². The number of aromatic nitrogens is 1. The van der Waals surface area contributed by atoms with Gasteiger partial charge in [-0.3, -0.25) is 0 Å². The van der Waals surface area contributed by atoms with Gasteiger partial charge in [-0.1, -0.05) is 5.16 Å². The van der Waals surface area contributed by atoms with Crippen LogP contribution in [0.25, 0.3) is 11.0 Å². The van der Waals surface area contributed by atoms with E-state index in [0.717, 1.165) is 16.7 Å². The van der Waals surface area contributed by atoms with Crippen molar-refractivity contribution in [2.45, 2.75) is 6.92 Å². The van der Waals surface area contributed by atoms with Gasteiger partial charge in [-0.25, -0.2) is 0 Å². The van der Waals surface area contributed by atoms with Crippen molar-refractivity contribution < 1.29 is 4.52 Å². The topological polar surface area (TPSA) is 49.8 Å². The monoisotopic (exact) mass is 158 g/mol. The number of benzene rings is 1. The van der Waals surface area contributed by atoms with Crippen molar-refractivity contribution in [2.75, 3.05) is 0 Å². The number of fused-ring (bicyclic) bond motifs is 1. The molecule has 0 bridgehead atoms. The molecule has 2 aromatic rings. The first-order chi connectivity index (χ1) is 5.81. The summed E-state index contributed by atoms with van der Waals surface area (Å²) in [6, 6.07) is 7.32. The third kappa shape index (κ3) is 0.857. The molecule has 1 aromatic carbocycles. The summed E-state index contributed by atoms with van der Waals surface area (Å²) in [7, 11) is 0. The molecule has 0 radical (unpaired) electrons. The number of aryl methyl sites for hydroxylation is 1. The summed E-state index contributed by atoms with van der Waals surface area (Å²) in [6.45, 7) is 1.85. The van der Waals surface area contributed by atoms with E-state index in [1.807, 2.05) is 6.92 Å². The van der Waals surface area contributed by atoms with Gasteiger partial charge in [0.1, 0.15) is 0 Å². The molecule has 0 saturated heterocycles. The first-order valence-electron chi connectivity index (χ1n) is 3.57. The summed E-state index contributed by atoms with van der Waals surface area (Å²) >= 11 is 0. The molecule has 0 atom stereocenters. The normalized spacial score (nSPS) is 10.0. The second-order valence-electron chi connectivity index (χ2n) is 2.59. The minimum atomic E-state index is 0.633. The van der Waals surface area contributed by atoms with Gasteiger partial charge in [-0.2, -0.15) is 5.26 Å². The second kappa shape index (κ2) is 2.35. The highest BCUT2D eigenvalue weighted by molar-refractivity contribution is 5.80. The lowest BCUT2D eigenvalue weighted by atomic mass is 10.1. The average molecular weight is 158 g/mol. The van der Waals surface area contributed by atoms with Crippen LogP contribution in [0.1, 0.15) is 11.3 Å². The molecular formula is C9H6N2O. The zero-order valence-corrected chi connectivity index (χ0v) is 6.53. The second-order valence-corrected chi connectivity index (χ2v) is 2.59. The Balaban J connectivity index is 2.82. The quantitative estimate of drug-likeness (QED) is 0.589. The van der Waals surface area contributed by atoms with E-state index in [4.69, 9.17) is 9.78 Å².